The molecule has 1 heterocycles. The molecule has 3 aromatic rings. The van der Waals surface area contributed by atoms with E-state index in [1.165, 1.54) is 0 Å². The van der Waals surface area contributed by atoms with E-state index in [2.05, 4.69) is 20.8 Å². The van der Waals surface area contributed by atoms with Gasteiger partial charge in [-0.3, -0.25) is 9.89 Å². The number of rotatable bonds is 5. The Balaban J connectivity index is 1.74. The molecule has 6 heteroatoms. The third-order valence-corrected chi connectivity index (χ3v) is 3.85. The average Bonchev–Trinajstić information content (AvgIpc) is 3.06. The van der Waals surface area contributed by atoms with Crippen LogP contribution >= 0.6 is 0 Å². The van der Waals surface area contributed by atoms with Crippen molar-refractivity contribution in [1.29, 1.82) is 0 Å². The smallest absolute Gasteiger partial charge is 0.224 e. The largest absolute Gasteiger partial charge is 0.508 e. The lowest BCUT2D eigenvalue weighted by atomic mass is 10.1. The fourth-order valence-corrected chi connectivity index (χ4v) is 2.44. The number of carbonyl (C=O) groups is 1. The lowest BCUT2D eigenvalue weighted by Gasteiger charge is -2.10. The highest BCUT2D eigenvalue weighted by Gasteiger charge is 2.07. The number of phenols is 1. The van der Waals surface area contributed by atoms with Crippen LogP contribution in [0.4, 0.5) is 17.2 Å². The van der Waals surface area contributed by atoms with Gasteiger partial charge in [0.15, 0.2) is 5.82 Å². The van der Waals surface area contributed by atoms with Crippen LogP contribution in [0.2, 0.25) is 0 Å². The zero-order valence-corrected chi connectivity index (χ0v) is 14.1. The molecule has 25 heavy (non-hydrogen) atoms. The normalized spacial score (nSPS) is 10.5. The third kappa shape index (κ3) is 3.98. The Morgan fingerprint density at radius 2 is 1.92 bits per heavy atom. The van der Waals surface area contributed by atoms with Gasteiger partial charge < -0.3 is 15.7 Å². The molecular formula is C19H20N4O2. The number of carbonyl (C=O) groups excluding carboxylic acids is 1. The second kappa shape index (κ2) is 7.09. The molecule has 2 aromatic carbocycles. The highest BCUT2D eigenvalue weighted by Crippen LogP contribution is 2.26. The van der Waals surface area contributed by atoms with Gasteiger partial charge in [0.1, 0.15) is 5.75 Å². The summed E-state index contributed by atoms with van der Waals surface area (Å²) >= 11 is 0. The molecule has 0 spiro atoms. The van der Waals surface area contributed by atoms with E-state index in [1.54, 1.807) is 12.1 Å². The molecule has 0 aliphatic rings. The molecule has 3 rings (SSSR count). The Morgan fingerprint density at radius 1 is 1.16 bits per heavy atom. The number of aromatic amines is 1. The summed E-state index contributed by atoms with van der Waals surface area (Å²) in [6.07, 6.45) is 0.451. The van der Waals surface area contributed by atoms with Crippen LogP contribution in [0.3, 0.4) is 0 Å². The standard InChI is InChI=1S/C19H20N4O2/c1-3-19(25)20-14-6-9-16(12(2)10-14)21-18-11-17(22-23-18)13-4-7-15(24)8-5-13/h4-11,24H,3H2,1-2H3,(H,20,25)(H2,21,22,23). The second-order valence-electron chi connectivity index (χ2n) is 5.77. The number of aromatic nitrogens is 2. The molecule has 0 aliphatic carbocycles. The van der Waals surface area contributed by atoms with Gasteiger partial charge in [-0.25, -0.2) is 0 Å². The molecule has 6 nitrogen and oxygen atoms in total. The van der Waals surface area contributed by atoms with Gasteiger partial charge in [0, 0.05) is 23.9 Å². The predicted octanol–water partition coefficient (Wildman–Crippen LogP) is 4.18. The third-order valence-electron chi connectivity index (χ3n) is 3.85. The van der Waals surface area contributed by atoms with Crippen molar-refractivity contribution in [1.82, 2.24) is 10.2 Å². The zero-order chi connectivity index (χ0) is 17.8. The zero-order valence-electron chi connectivity index (χ0n) is 14.1. The number of nitrogens with zero attached hydrogens (tertiary/aromatic N) is 1. The molecule has 128 valence electrons. The molecule has 0 atom stereocenters. The molecule has 0 saturated carbocycles. The molecule has 4 N–H and O–H groups in total. The molecular weight excluding hydrogens is 316 g/mol. The first-order chi connectivity index (χ1) is 12.0. The summed E-state index contributed by atoms with van der Waals surface area (Å²) in [5.41, 5.74) is 4.49. The summed E-state index contributed by atoms with van der Waals surface area (Å²) in [5.74, 6) is 0.912. The summed E-state index contributed by atoms with van der Waals surface area (Å²) in [6.45, 7) is 3.79. The summed E-state index contributed by atoms with van der Waals surface area (Å²) in [4.78, 5) is 11.5. The maximum absolute atomic E-state index is 11.5. The summed E-state index contributed by atoms with van der Waals surface area (Å²) in [5, 5.41) is 22.7. The number of hydrogen-bond acceptors (Lipinski definition) is 4. The number of phenolic OH excluding ortho intramolecular Hbond substituents is 1. The van der Waals surface area contributed by atoms with E-state index < -0.39 is 0 Å². The minimum atomic E-state index is -0.00838. The lowest BCUT2D eigenvalue weighted by molar-refractivity contribution is -0.115. The Bertz CT molecular complexity index is 885. The van der Waals surface area contributed by atoms with E-state index in [-0.39, 0.29) is 11.7 Å². The summed E-state index contributed by atoms with van der Waals surface area (Å²) in [6, 6.07) is 14.5. The van der Waals surface area contributed by atoms with E-state index in [0.29, 0.717) is 12.2 Å². The summed E-state index contributed by atoms with van der Waals surface area (Å²) < 4.78 is 0. The van der Waals surface area contributed by atoms with E-state index in [1.807, 2.05) is 50.2 Å². The Hall–Kier alpha value is -3.28. The van der Waals surface area contributed by atoms with Gasteiger partial charge in [-0.1, -0.05) is 6.92 Å². The maximum atomic E-state index is 11.5. The average molecular weight is 336 g/mol. The molecule has 0 bridgehead atoms. The summed E-state index contributed by atoms with van der Waals surface area (Å²) in [7, 11) is 0. The van der Waals surface area contributed by atoms with Crippen LogP contribution in [-0.4, -0.2) is 21.2 Å². The first kappa shape index (κ1) is 16.6. The van der Waals surface area contributed by atoms with Gasteiger partial charge in [0.2, 0.25) is 5.91 Å². The van der Waals surface area contributed by atoms with Gasteiger partial charge >= 0.3 is 0 Å². The molecule has 0 unspecified atom stereocenters. The minimum Gasteiger partial charge on any atom is -0.508 e. The van der Waals surface area contributed by atoms with Gasteiger partial charge in [-0.2, -0.15) is 5.10 Å². The van der Waals surface area contributed by atoms with E-state index in [4.69, 9.17) is 0 Å². The molecule has 0 saturated heterocycles. The van der Waals surface area contributed by atoms with Gasteiger partial charge in [0.25, 0.3) is 0 Å². The number of aromatic hydroxyl groups is 1. The Kier molecular flexibility index (Phi) is 4.70. The SMILES string of the molecule is CCC(=O)Nc1ccc(Nc2cc(-c3ccc(O)cc3)[nH]n2)c(C)c1. The first-order valence-electron chi connectivity index (χ1n) is 8.07. The van der Waals surface area contributed by atoms with Crippen LogP contribution in [0.1, 0.15) is 18.9 Å². The lowest BCUT2D eigenvalue weighted by Crippen LogP contribution is -2.09. The van der Waals surface area contributed by atoms with E-state index in [9.17, 15) is 9.90 Å². The van der Waals surface area contributed by atoms with E-state index >= 15 is 0 Å². The van der Waals surface area contributed by atoms with Crippen molar-refractivity contribution in [2.75, 3.05) is 10.6 Å². The molecule has 1 amide bonds. The number of nitrogens with one attached hydrogen (secondary N) is 3. The van der Waals surface area contributed by atoms with Crippen LogP contribution in [0.5, 0.6) is 5.75 Å². The molecule has 0 aliphatic heterocycles. The van der Waals surface area contributed by atoms with Gasteiger partial charge in [-0.05, 0) is 60.5 Å². The van der Waals surface area contributed by atoms with Crippen LogP contribution < -0.4 is 10.6 Å². The van der Waals surface area contributed by atoms with Crippen molar-refractivity contribution in [2.24, 2.45) is 0 Å². The van der Waals surface area contributed by atoms with Crippen molar-refractivity contribution < 1.29 is 9.90 Å². The number of H-pyrrole nitrogens is 1. The van der Waals surface area contributed by atoms with Crippen molar-refractivity contribution in [3.05, 3.63) is 54.1 Å². The molecule has 1 aromatic heterocycles. The topological polar surface area (TPSA) is 90.0 Å². The van der Waals surface area contributed by atoms with Gasteiger partial charge in [-0.15, -0.1) is 0 Å². The van der Waals surface area contributed by atoms with Crippen LogP contribution in [0.25, 0.3) is 11.3 Å². The quantitative estimate of drug-likeness (QED) is 0.562. The van der Waals surface area contributed by atoms with Crippen molar-refractivity contribution in [3.8, 4) is 17.0 Å². The fourth-order valence-electron chi connectivity index (χ4n) is 2.44. The number of amides is 1. The van der Waals surface area contributed by atoms with Gasteiger partial charge in [0.05, 0.1) is 5.69 Å². The number of hydrogen-bond donors (Lipinski definition) is 4. The van der Waals surface area contributed by atoms with Crippen molar-refractivity contribution >= 4 is 23.1 Å². The predicted molar refractivity (Wildman–Crippen MR) is 99.1 cm³/mol. The second-order valence-corrected chi connectivity index (χ2v) is 5.77. The highest BCUT2D eigenvalue weighted by atomic mass is 16.3. The first-order valence-corrected chi connectivity index (χ1v) is 8.07. The van der Waals surface area contributed by atoms with Crippen LogP contribution in [0.15, 0.2) is 48.5 Å². The van der Waals surface area contributed by atoms with Crippen molar-refractivity contribution in [3.63, 3.8) is 0 Å². The number of benzene rings is 2. The maximum Gasteiger partial charge on any atom is 0.224 e. The number of anilines is 3. The minimum absolute atomic E-state index is 0.00838. The Morgan fingerprint density at radius 3 is 2.60 bits per heavy atom. The van der Waals surface area contributed by atoms with E-state index in [0.717, 1.165) is 28.2 Å². The number of aryl methyl sites for hydroxylation is 1. The Labute approximate surface area is 145 Å². The molecule has 0 radical (unpaired) electrons. The van der Waals surface area contributed by atoms with Crippen LogP contribution in [0, 0.1) is 6.92 Å². The fraction of sp³-hybridized carbons (Fsp3) is 0.158. The van der Waals surface area contributed by atoms with Crippen molar-refractivity contribution in [2.45, 2.75) is 20.3 Å². The van der Waals surface area contributed by atoms with Crippen LogP contribution in [-0.2, 0) is 4.79 Å². The highest BCUT2D eigenvalue weighted by molar-refractivity contribution is 5.91. The monoisotopic (exact) mass is 336 g/mol. The molecule has 0 fully saturated rings.